The highest BCUT2D eigenvalue weighted by atomic mass is 32.2. The van der Waals surface area contributed by atoms with Crippen LogP contribution in [0.1, 0.15) is 12.8 Å². The lowest BCUT2D eigenvalue weighted by Gasteiger charge is -1.99. The molecule has 0 saturated carbocycles. The molecular formula is C14H15N3O2S2. The summed E-state index contributed by atoms with van der Waals surface area (Å²) in [5.41, 5.74) is 0.890. The highest BCUT2D eigenvalue weighted by molar-refractivity contribution is 8.38. The van der Waals surface area contributed by atoms with E-state index >= 15 is 0 Å². The van der Waals surface area contributed by atoms with Gasteiger partial charge in [0.2, 0.25) is 11.8 Å². The Labute approximate surface area is 131 Å². The molecule has 21 heavy (non-hydrogen) atoms. The maximum absolute atomic E-state index is 5.68. The van der Waals surface area contributed by atoms with E-state index in [1.54, 1.807) is 30.6 Å². The maximum Gasteiger partial charge on any atom is 0.247 e. The van der Waals surface area contributed by atoms with Crippen LogP contribution in [-0.4, -0.2) is 33.5 Å². The standard InChI is InChI=1S/C14H15N3O2S2/c1-9-7-20-14(15-9)21-8-12-16-17-13(19-12)10-3-5-11(18-2)6-4-10/h3-6,9H,7-8H2,1-2H3. The summed E-state index contributed by atoms with van der Waals surface area (Å²) in [6, 6.07) is 7.97. The van der Waals surface area contributed by atoms with Gasteiger partial charge in [0, 0.05) is 11.3 Å². The number of aliphatic imine (C=N–C) groups is 1. The van der Waals surface area contributed by atoms with E-state index in [4.69, 9.17) is 9.15 Å². The van der Waals surface area contributed by atoms with Gasteiger partial charge in [-0.15, -0.1) is 10.2 Å². The van der Waals surface area contributed by atoms with Crippen LogP contribution in [0.25, 0.3) is 11.5 Å². The van der Waals surface area contributed by atoms with Gasteiger partial charge in [0.15, 0.2) is 0 Å². The average Bonchev–Trinajstić information content (AvgIpc) is 3.14. The second-order valence-electron chi connectivity index (χ2n) is 4.57. The molecule has 0 radical (unpaired) electrons. The Morgan fingerprint density at radius 2 is 2.14 bits per heavy atom. The van der Waals surface area contributed by atoms with Crippen LogP contribution in [0.2, 0.25) is 0 Å². The summed E-state index contributed by atoms with van der Waals surface area (Å²) in [5, 5.41) is 8.17. The zero-order chi connectivity index (χ0) is 14.7. The summed E-state index contributed by atoms with van der Waals surface area (Å²) in [6.07, 6.45) is 0. The van der Waals surface area contributed by atoms with Crippen molar-refractivity contribution in [3.8, 4) is 17.2 Å². The van der Waals surface area contributed by atoms with Crippen LogP contribution in [0, 0.1) is 0 Å². The van der Waals surface area contributed by atoms with E-state index in [9.17, 15) is 0 Å². The van der Waals surface area contributed by atoms with Gasteiger partial charge < -0.3 is 9.15 Å². The molecule has 0 aliphatic carbocycles. The molecule has 1 aromatic carbocycles. The fourth-order valence-electron chi connectivity index (χ4n) is 1.81. The molecule has 3 rings (SSSR count). The molecule has 0 N–H and O–H groups in total. The topological polar surface area (TPSA) is 60.5 Å². The summed E-state index contributed by atoms with van der Waals surface area (Å²) in [7, 11) is 1.64. The van der Waals surface area contributed by atoms with E-state index in [2.05, 4.69) is 22.1 Å². The largest absolute Gasteiger partial charge is 0.497 e. The molecule has 0 amide bonds. The first-order valence-corrected chi connectivity index (χ1v) is 8.52. The first-order valence-electron chi connectivity index (χ1n) is 6.55. The Balaban J connectivity index is 1.64. The zero-order valence-corrected chi connectivity index (χ0v) is 13.4. The quantitative estimate of drug-likeness (QED) is 0.859. The predicted molar refractivity (Wildman–Crippen MR) is 86.9 cm³/mol. The van der Waals surface area contributed by atoms with E-state index in [1.165, 1.54) is 0 Å². The predicted octanol–water partition coefficient (Wildman–Crippen LogP) is 3.47. The molecule has 0 saturated heterocycles. The Hall–Kier alpha value is -1.47. The number of hydrogen-bond acceptors (Lipinski definition) is 7. The molecule has 0 fully saturated rings. The molecule has 2 heterocycles. The molecule has 1 aliphatic rings. The van der Waals surface area contributed by atoms with E-state index in [1.807, 2.05) is 24.3 Å². The normalized spacial score (nSPS) is 17.8. The Morgan fingerprint density at radius 3 is 2.81 bits per heavy atom. The number of ether oxygens (including phenoxy) is 1. The third-order valence-corrected chi connectivity index (χ3v) is 5.35. The molecule has 110 valence electrons. The minimum Gasteiger partial charge on any atom is -0.497 e. The first-order chi connectivity index (χ1) is 10.2. The number of thioether (sulfide) groups is 2. The molecule has 7 heteroatoms. The van der Waals surface area contributed by atoms with E-state index < -0.39 is 0 Å². The number of benzene rings is 1. The van der Waals surface area contributed by atoms with Gasteiger partial charge in [-0.05, 0) is 31.2 Å². The fourth-order valence-corrected chi connectivity index (χ4v) is 3.86. The molecule has 1 aromatic heterocycles. The van der Waals surface area contributed by atoms with Crippen LogP contribution in [-0.2, 0) is 5.75 Å². The van der Waals surface area contributed by atoms with Crippen LogP contribution in [0.4, 0.5) is 0 Å². The second-order valence-corrected chi connectivity index (χ2v) is 6.80. The van der Waals surface area contributed by atoms with Crippen molar-refractivity contribution < 1.29 is 9.15 Å². The molecule has 2 aromatic rings. The fraction of sp³-hybridized carbons (Fsp3) is 0.357. The van der Waals surface area contributed by atoms with Gasteiger partial charge in [0.25, 0.3) is 0 Å². The van der Waals surface area contributed by atoms with Crippen molar-refractivity contribution in [1.29, 1.82) is 0 Å². The van der Waals surface area contributed by atoms with Gasteiger partial charge in [-0.3, -0.25) is 4.99 Å². The first kappa shape index (κ1) is 14.5. The molecule has 1 unspecified atom stereocenters. The Morgan fingerprint density at radius 1 is 1.33 bits per heavy atom. The Bertz CT molecular complexity index is 640. The number of rotatable bonds is 4. The highest BCUT2D eigenvalue weighted by Crippen LogP contribution is 2.29. The van der Waals surface area contributed by atoms with Gasteiger partial charge >= 0.3 is 0 Å². The van der Waals surface area contributed by atoms with Crippen LogP contribution in [0.5, 0.6) is 5.75 Å². The zero-order valence-electron chi connectivity index (χ0n) is 11.8. The third-order valence-electron chi connectivity index (χ3n) is 2.90. The highest BCUT2D eigenvalue weighted by Gasteiger charge is 2.16. The van der Waals surface area contributed by atoms with Gasteiger partial charge in [0.05, 0.1) is 18.9 Å². The SMILES string of the molecule is COc1ccc(-c2nnc(CSC3=NC(C)CS3)o2)cc1. The number of hydrogen-bond donors (Lipinski definition) is 0. The van der Waals surface area contributed by atoms with Crippen LogP contribution >= 0.6 is 23.5 Å². The Kier molecular flexibility index (Phi) is 4.50. The van der Waals surface area contributed by atoms with Gasteiger partial charge in [-0.25, -0.2) is 0 Å². The smallest absolute Gasteiger partial charge is 0.247 e. The lowest BCUT2D eigenvalue weighted by molar-refractivity contribution is 0.415. The van der Waals surface area contributed by atoms with Crippen LogP contribution in [0.3, 0.4) is 0 Å². The van der Waals surface area contributed by atoms with Crippen molar-refractivity contribution in [2.75, 3.05) is 12.9 Å². The maximum atomic E-state index is 5.68. The van der Waals surface area contributed by atoms with Gasteiger partial charge in [-0.1, -0.05) is 23.5 Å². The molecule has 1 atom stereocenters. The summed E-state index contributed by atoms with van der Waals surface area (Å²) < 4.78 is 11.9. The van der Waals surface area contributed by atoms with Crippen LogP contribution in [0.15, 0.2) is 33.7 Å². The summed E-state index contributed by atoms with van der Waals surface area (Å²) in [6.45, 7) is 2.12. The van der Waals surface area contributed by atoms with E-state index in [0.717, 1.165) is 21.4 Å². The van der Waals surface area contributed by atoms with Gasteiger partial charge in [0.1, 0.15) is 10.1 Å². The van der Waals surface area contributed by atoms with Crippen molar-refractivity contribution in [1.82, 2.24) is 10.2 Å². The lowest BCUT2D eigenvalue weighted by Crippen LogP contribution is -1.92. The third kappa shape index (κ3) is 3.59. The molecule has 1 aliphatic heterocycles. The monoisotopic (exact) mass is 321 g/mol. The second kappa shape index (κ2) is 6.53. The molecule has 0 bridgehead atoms. The lowest BCUT2D eigenvalue weighted by atomic mass is 10.2. The molecule has 5 nitrogen and oxygen atoms in total. The van der Waals surface area contributed by atoms with Gasteiger partial charge in [-0.2, -0.15) is 0 Å². The number of aromatic nitrogens is 2. The average molecular weight is 321 g/mol. The van der Waals surface area contributed by atoms with Crippen LogP contribution < -0.4 is 4.74 Å². The molecular weight excluding hydrogens is 306 g/mol. The van der Waals surface area contributed by atoms with Crippen molar-refractivity contribution >= 4 is 27.9 Å². The number of methoxy groups -OCH3 is 1. The summed E-state index contributed by atoms with van der Waals surface area (Å²) >= 11 is 3.44. The van der Waals surface area contributed by atoms with Crippen molar-refractivity contribution in [2.24, 2.45) is 4.99 Å². The number of nitrogens with zero attached hydrogens (tertiary/aromatic N) is 3. The summed E-state index contributed by atoms with van der Waals surface area (Å²) in [4.78, 5) is 4.53. The van der Waals surface area contributed by atoms with Crippen molar-refractivity contribution in [3.63, 3.8) is 0 Å². The van der Waals surface area contributed by atoms with E-state index in [-0.39, 0.29) is 0 Å². The summed E-state index contributed by atoms with van der Waals surface area (Å²) in [5.74, 6) is 3.67. The minimum atomic E-state index is 0.412. The van der Waals surface area contributed by atoms with Crippen molar-refractivity contribution in [2.45, 2.75) is 18.7 Å². The minimum absolute atomic E-state index is 0.412. The van der Waals surface area contributed by atoms with Crippen molar-refractivity contribution in [3.05, 3.63) is 30.2 Å². The molecule has 0 spiro atoms. The van der Waals surface area contributed by atoms with E-state index in [0.29, 0.717) is 23.6 Å².